The van der Waals surface area contributed by atoms with E-state index in [-0.39, 0.29) is 33.6 Å². The number of furan rings is 1. The van der Waals surface area contributed by atoms with Gasteiger partial charge in [0.2, 0.25) is 10.9 Å². The predicted octanol–water partition coefficient (Wildman–Crippen LogP) is 7.69. The van der Waals surface area contributed by atoms with E-state index in [1.165, 1.54) is 31.4 Å². The minimum Gasteiger partial charge on any atom is -0.508 e. The molecule has 0 bridgehead atoms. The van der Waals surface area contributed by atoms with Gasteiger partial charge in [0, 0.05) is 27.1 Å². The number of phenolic OH excluding ortho intramolecular Hbond substituents is 2. The fourth-order valence-electron chi connectivity index (χ4n) is 6.52. The molecule has 0 saturated carbocycles. The molecular weight excluding hydrogens is 568 g/mol. The van der Waals surface area contributed by atoms with Gasteiger partial charge in [0.1, 0.15) is 22.8 Å². The van der Waals surface area contributed by atoms with Crippen molar-refractivity contribution in [3.05, 3.63) is 129 Å². The van der Waals surface area contributed by atoms with Crippen molar-refractivity contribution < 1.29 is 24.2 Å². The Labute approximate surface area is 254 Å². The van der Waals surface area contributed by atoms with Crippen LogP contribution in [0.1, 0.15) is 10.4 Å². The van der Waals surface area contributed by atoms with Gasteiger partial charge in [-0.1, -0.05) is 72.8 Å². The third kappa shape index (κ3) is 3.81. The van der Waals surface area contributed by atoms with Gasteiger partial charge in [-0.2, -0.15) is 0 Å². The standard InChI is InChI=1S/C38H22O7/c1-44-38(43)32-26(20-7-14-24(40)15-8-20)17-9-21-3-2-4-27(29(21)32)37-34-33-28(45-37)18-11-22-10-16-25(19-5-12-23(39)13-6-19)31(30(22)33)35(41)36(34)42/h2-18,39-40H,1H3. The lowest BCUT2D eigenvalue weighted by molar-refractivity contribution is 0.0604. The highest BCUT2D eigenvalue weighted by molar-refractivity contribution is 6.27. The van der Waals surface area contributed by atoms with Crippen molar-refractivity contribution >= 4 is 49.3 Å². The van der Waals surface area contributed by atoms with Crippen LogP contribution in [0.2, 0.25) is 0 Å². The Kier molecular flexibility index (Phi) is 5.67. The molecule has 0 radical (unpaired) electrons. The molecule has 45 heavy (non-hydrogen) atoms. The van der Waals surface area contributed by atoms with E-state index >= 15 is 0 Å². The first-order chi connectivity index (χ1) is 21.9. The maximum atomic E-state index is 14.1. The summed E-state index contributed by atoms with van der Waals surface area (Å²) in [6, 6.07) is 29.4. The van der Waals surface area contributed by atoms with E-state index in [2.05, 4.69) is 0 Å². The topological polar surface area (TPSA) is 114 Å². The lowest BCUT2D eigenvalue weighted by Crippen LogP contribution is -2.24. The van der Waals surface area contributed by atoms with Crippen LogP contribution >= 0.6 is 0 Å². The first-order valence-electron chi connectivity index (χ1n) is 14.2. The molecule has 0 aliphatic heterocycles. The number of aromatic hydroxyl groups is 2. The number of phenols is 2. The number of ether oxygens (including phenoxy) is 1. The molecule has 0 spiro atoms. The van der Waals surface area contributed by atoms with E-state index < -0.39 is 16.8 Å². The summed E-state index contributed by atoms with van der Waals surface area (Å²) in [5, 5.41) is 23.3. The van der Waals surface area contributed by atoms with Crippen molar-refractivity contribution in [2.75, 3.05) is 7.11 Å². The number of fused-ring (bicyclic) bond motifs is 1. The van der Waals surface area contributed by atoms with Gasteiger partial charge < -0.3 is 19.4 Å². The van der Waals surface area contributed by atoms with Crippen LogP contribution in [0.25, 0.3) is 76.9 Å². The quantitative estimate of drug-likeness (QED) is 0.160. The first-order valence-corrected chi connectivity index (χ1v) is 14.2. The molecule has 0 unspecified atom stereocenters. The van der Waals surface area contributed by atoms with Crippen molar-refractivity contribution in [1.29, 1.82) is 0 Å². The number of carbonyl (C=O) groups is 1. The fourth-order valence-corrected chi connectivity index (χ4v) is 6.52. The molecule has 7 aromatic carbocycles. The highest BCUT2D eigenvalue weighted by Crippen LogP contribution is 2.44. The van der Waals surface area contributed by atoms with E-state index in [0.29, 0.717) is 54.9 Å². The second-order valence-electron chi connectivity index (χ2n) is 11.0. The lowest BCUT2D eigenvalue weighted by atomic mass is 9.88. The average molecular weight is 591 g/mol. The predicted molar refractivity (Wildman–Crippen MR) is 175 cm³/mol. The Morgan fingerprint density at radius 3 is 1.82 bits per heavy atom. The summed E-state index contributed by atoms with van der Waals surface area (Å²) in [5.74, 6) is -0.219. The Balaban J connectivity index is 1.50. The van der Waals surface area contributed by atoms with Crippen molar-refractivity contribution in [3.8, 4) is 45.1 Å². The molecule has 7 heteroatoms. The molecule has 0 aliphatic rings. The van der Waals surface area contributed by atoms with E-state index in [1.54, 1.807) is 42.5 Å². The van der Waals surface area contributed by atoms with Crippen LogP contribution in [0.4, 0.5) is 0 Å². The van der Waals surface area contributed by atoms with Crippen LogP contribution in [0.15, 0.2) is 117 Å². The first kappa shape index (κ1) is 26.4. The van der Waals surface area contributed by atoms with Crippen LogP contribution in [0.5, 0.6) is 11.5 Å². The molecule has 1 aromatic heterocycles. The highest BCUT2D eigenvalue weighted by Gasteiger charge is 2.27. The van der Waals surface area contributed by atoms with Gasteiger partial charge in [0.25, 0.3) is 0 Å². The van der Waals surface area contributed by atoms with Crippen LogP contribution < -0.4 is 10.9 Å². The van der Waals surface area contributed by atoms with E-state index in [9.17, 15) is 24.6 Å². The zero-order valence-corrected chi connectivity index (χ0v) is 23.8. The minimum atomic E-state index is -0.707. The van der Waals surface area contributed by atoms with Gasteiger partial charge in [0.05, 0.1) is 18.1 Å². The molecule has 0 saturated heterocycles. The Bertz CT molecular complexity index is 2580. The molecule has 0 aliphatic carbocycles. The van der Waals surface area contributed by atoms with Crippen LogP contribution in [0, 0.1) is 0 Å². The van der Waals surface area contributed by atoms with Gasteiger partial charge >= 0.3 is 5.97 Å². The summed E-state index contributed by atoms with van der Waals surface area (Å²) in [5.41, 5.74) is 2.31. The number of benzene rings is 7. The van der Waals surface area contributed by atoms with Gasteiger partial charge in [-0.3, -0.25) is 9.59 Å². The Morgan fingerprint density at radius 1 is 0.578 bits per heavy atom. The second kappa shape index (κ2) is 9.65. The van der Waals surface area contributed by atoms with Gasteiger partial charge in [-0.05, 0) is 63.4 Å². The minimum absolute atomic E-state index is 0.0876. The van der Waals surface area contributed by atoms with Crippen molar-refractivity contribution in [1.82, 2.24) is 0 Å². The maximum Gasteiger partial charge on any atom is 0.339 e. The summed E-state index contributed by atoms with van der Waals surface area (Å²) in [4.78, 5) is 41.6. The summed E-state index contributed by atoms with van der Waals surface area (Å²) in [7, 11) is 1.30. The Morgan fingerprint density at radius 2 is 1.16 bits per heavy atom. The largest absolute Gasteiger partial charge is 0.508 e. The number of carbonyl (C=O) groups excluding carboxylic acids is 1. The number of esters is 1. The average Bonchev–Trinajstić information content (AvgIpc) is 3.46. The van der Waals surface area contributed by atoms with Crippen molar-refractivity contribution in [3.63, 3.8) is 0 Å². The molecule has 8 rings (SSSR count). The van der Waals surface area contributed by atoms with E-state index in [0.717, 1.165) is 5.39 Å². The van der Waals surface area contributed by atoms with E-state index in [4.69, 9.17) is 9.15 Å². The van der Waals surface area contributed by atoms with Crippen molar-refractivity contribution in [2.45, 2.75) is 0 Å². The fraction of sp³-hybridized carbons (Fsp3) is 0.0263. The summed E-state index contributed by atoms with van der Waals surface area (Å²) in [6.07, 6.45) is 0. The molecule has 8 aromatic rings. The lowest BCUT2D eigenvalue weighted by Gasteiger charge is -2.15. The SMILES string of the molecule is COC(=O)c1c(-c2ccc(O)cc2)ccc2cccc(-c3oc4ccc5ccc(-c6ccc(O)cc6)c6c(=O)c(=O)c3c4c56)c12. The van der Waals surface area contributed by atoms with Gasteiger partial charge in [-0.25, -0.2) is 4.79 Å². The summed E-state index contributed by atoms with van der Waals surface area (Å²) in [6.45, 7) is 0. The molecule has 216 valence electrons. The number of hydrogen-bond donors (Lipinski definition) is 2. The number of hydrogen-bond acceptors (Lipinski definition) is 7. The summed E-state index contributed by atoms with van der Waals surface area (Å²) < 4.78 is 11.7. The molecule has 0 amide bonds. The molecular formula is C38H22O7. The normalized spacial score (nSPS) is 11.7. The van der Waals surface area contributed by atoms with Gasteiger partial charge in [0.15, 0.2) is 0 Å². The molecule has 1 heterocycles. The van der Waals surface area contributed by atoms with Gasteiger partial charge in [-0.15, -0.1) is 0 Å². The van der Waals surface area contributed by atoms with E-state index in [1.807, 2.05) is 36.4 Å². The number of rotatable bonds is 4. The maximum absolute atomic E-state index is 14.1. The zero-order valence-electron chi connectivity index (χ0n) is 23.8. The second-order valence-corrected chi connectivity index (χ2v) is 11.0. The highest BCUT2D eigenvalue weighted by atomic mass is 16.5. The number of methoxy groups -OCH3 is 1. The summed E-state index contributed by atoms with van der Waals surface area (Å²) >= 11 is 0. The molecule has 7 nitrogen and oxygen atoms in total. The van der Waals surface area contributed by atoms with Crippen LogP contribution in [-0.4, -0.2) is 23.3 Å². The monoisotopic (exact) mass is 590 g/mol. The third-order valence-electron chi connectivity index (χ3n) is 8.53. The molecule has 0 atom stereocenters. The third-order valence-corrected chi connectivity index (χ3v) is 8.53. The zero-order chi connectivity index (χ0) is 31.0. The van der Waals surface area contributed by atoms with Crippen LogP contribution in [0.3, 0.4) is 0 Å². The molecule has 2 N–H and O–H groups in total. The Hall–Kier alpha value is -6.21. The molecule has 0 fully saturated rings. The van der Waals surface area contributed by atoms with Crippen LogP contribution in [-0.2, 0) is 4.74 Å². The van der Waals surface area contributed by atoms with Crippen molar-refractivity contribution in [2.24, 2.45) is 0 Å². The smallest absolute Gasteiger partial charge is 0.339 e.